The first-order valence-electron chi connectivity index (χ1n) is 6.17. The predicted octanol–water partition coefficient (Wildman–Crippen LogP) is 0.478. The van der Waals surface area contributed by atoms with E-state index in [1.807, 2.05) is 6.92 Å². The highest BCUT2D eigenvalue weighted by molar-refractivity contribution is 7.80. The number of amides is 1. The minimum atomic E-state index is 0.0797. The molecule has 0 bridgehead atoms. The summed E-state index contributed by atoms with van der Waals surface area (Å²) >= 11 is 4.80. The van der Waals surface area contributed by atoms with Gasteiger partial charge in [0.1, 0.15) is 0 Å². The molecule has 1 amide bonds. The summed E-state index contributed by atoms with van der Waals surface area (Å²) in [5, 5.41) is 0. The molecule has 1 atom stereocenters. The fourth-order valence-corrected chi connectivity index (χ4v) is 1.71. The first-order chi connectivity index (χ1) is 8.42. The minimum absolute atomic E-state index is 0.0797. The molecule has 0 heterocycles. The van der Waals surface area contributed by atoms with Crippen LogP contribution in [-0.4, -0.2) is 67.1 Å². The largest absolute Gasteiger partial charge is 0.393 e. The second-order valence-corrected chi connectivity index (χ2v) is 4.92. The third kappa shape index (κ3) is 6.88. The van der Waals surface area contributed by atoms with E-state index >= 15 is 0 Å². The molecule has 0 rings (SSSR count). The SMILES string of the molecule is CCN(CC(=O)N(C)CCC(N)=S)C(C)COC. The van der Waals surface area contributed by atoms with Gasteiger partial charge in [0.05, 0.1) is 18.1 Å². The van der Waals surface area contributed by atoms with Gasteiger partial charge in [-0.25, -0.2) is 0 Å². The number of nitrogens with zero attached hydrogens (tertiary/aromatic N) is 2. The lowest BCUT2D eigenvalue weighted by atomic mass is 10.3. The number of ether oxygens (including phenoxy) is 1. The number of methoxy groups -OCH3 is 1. The third-order valence-corrected chi connectivity index (χ3v) is 3.10. The molecule has 0 radical (unpaired) electrons. The van der Waals surface area contributed by atoms with Gasteiger partial charge in [-0.2, -0.15) is 0 Å². The highest BCUT2D eigenvalue weighted by atomic mass is 32.1. The van der Waals surface area contributed by atoms with Gasteiger partial charge in [-0.3, -0.25) is 9.69 Å². The molecule has 0 aromatic heterocycles. The molecule has 5 nitrogen and oxygen atoms in total. The number of carbonyl (C=O) groups is 1. The van der Waals surface area contributed by atoms with Crippen molar-refractivity contribution in [3.63, 3.8) is 0 Å². The molecule has 0 aromatic rings. The Morgan fingerprint density at radius 1 is 1.50 bits per heavy atom. The van der Waals surface area contributed by atoms with Crippen LogP contribution in [0.5, 0.6) is 0 Å². The zero-order valence-electron chi connectivity index (χ0n) is 11.8. The number of nitrogens with two attached hydrogens (primary N) is 1. The van der Waals surface area contributed by atoms with Crippen LogP contribution >= 0.6 is 12.2 Å². The van der Waals surface area contributed by atoms with E-state index in [1.165, 1.54) is 0 Å². The highest BCUT2D eigenvalue weighted by Crippen LogP contribution is 2.01. The van der Waals surface area contributed by atoms with Crippen molar-refractivity contribution < 1.29 is 9.53 Å². The highest BCUT2D eigenvalue weighted by Gasteiger charge is 2.17. The van der Waals surface area contributed by atoms with Crippen molar-refractivity contribution in [2.24, 2.45) is 5.73 Å². The van der Waals surface area contributed by atoms with Crippen LogP contribution in [0.3, 0.4) is 0 Å². The van der Waals surface area contributed by atoms with Crippen LogP contribution in [0, 0.1) is 0 Å². The lowest BCUT2D eigenvalue weighted by Crippen LogP contribution is -2.44. The predicted molar refractivity (Wildman–Crippen MR) is 77.6 cm³/mol. The van der Waals surface area contributed by atoms with Gasteiger partial charge in [0.15, 0.2) is 0 Å². The molecule has 0 aromatic carbocycles. The summed E-state index contributed by atoms with van der Waals surface area (Å²) in [5.41, 5.74) is 5.42. The van der Waals surface area contributed by atoms with Gasteiger partial charge >= 0.3 is 0 Å². The molecule has 0 aliphatic heterocycles. The van der Waals surface area contributed by atoms with Crippen molar-refractivity contribution in [1.82, 2.24) is 9.80 Å². The molecule has 0 saturated heterocycles. The summed E-state index contributed by atoms with van der Waals surface area (Å²) in [6.07, 6.45) is 0.567. The van der Waals surface area contributed by atoms with E-state index < -0.39 is 0 Å². The Balaban J connectivity index is 4.20. The molecular formula is C12H25N3O2S. The van der Waals surface area contributed by atoms with Crippen LogP contribution < -0.4 is 5.73 Å². The standard InChI is InChI=1S/C12H25N3O2S/c1-5-15(10(2)9-17-4)8-12(16)14(3)7-6-11(13)18/h10H,5-9H2,1-4H3,(H2,13,18). The van der Waals surface area contributed by atoms with Crippen LogP contribution in [0.25, 0.3) is 0 Å². The Labute approximate surface area is 115 Å². The minimum Gasteiger partial charge on any atom is -0.393 e. The van der Waals surface area contributed by atoms with Crippen LogP contribution in [0.15, 0.2) is 0 Å². The molecule has 2 N–H and O–H groups in total. The summed E-state index contributed by atoms with van der Waals surface area (Å²) in [6.45, 7) is 6.50. The fourth-order valence-electron chi connectivity index (χ4n) is 1.62. The van der Waals surface area contributed by atoms with Gasteiger partial charge in [0, 0.05) is 33.2 Å². The zero-order valence-corrected chi connectivity index (χ0v) is 12.6. The van der Waals surface area contributed by atoms with Crippen LogP contribution in [0.4, 0.5) is 0 Å². The van der Waals surface area contributed by atoms with Gasteiger partial charge in [0.2, 0.25) is 5.91 Å². The van der Waals surface area contributed by atoms with E-state index in [0.717, 1.165) is 6.54 Å². The van der Waals surface area contributed by atoms with E-state index in [1.54, 1.807) is 19.1 Å². The number of hydrogen-bond donors (Lipinski definition) is 1. The van der Waals surface area contributed by atoms with Gasteiger partial charge in [-0.05, 0) is 13.5 Å². The number of likely N-dealkylation sites (N-methyl/N-ethyl adjacent to an activating group) is 2. The van der Waals surface area contributed by atoms with E-state index in [2.05, 4.69) is 11.8 Å². The molecule has 106 valence electrons. The number of thiocarbonyl (C=S) groups is 1. The van der Waals surface area contributed by atoms with Crippen LogP contribution in [-0.2, 0) is 9.53 Å². The summed E-state index contributed by atoms with van der Waals surface area (Å²) < 4.78 is 5.11. The van der Waals surface area contributed by atoms with E-state index in [9.17, 15) is 4.79 Å². The smallest absolute Gasteiger partial charge is 0.236 e. The second kappa shape index (κ2) is 9.24. The maximum absolute atomic E-state index is 12.0. The van der Waals surface area contributed by atoms with Crippen molar-refractivity contribution in [2.45, 2.75) is 26.3 Å². The Morgan fingerprint density at radius 3 is 2.56 bits per heavy atom. The second-order valence-electron chi connectivity index (χ2n) is 4.40. The maximum atomic E-state index is 12.0. The lowest BCUT2D eigenvalue weighted by Gasteiger charge is -2.28. The quantitative estimate of drug-likeness (QED) is 0.620. The molecule has 1 unspecified atom stereocenters. The molecule has 6 heteroatoms. The average Bonchev–Trinajstić information content (AvgIpc) is 2.32. The first kappa shape index (κ1) is 17.3. The van der Waals surface area contributed by atoms with E-state index in [-0.39, 0.29) is 11.9 Å². The van der Waals surface area contributed by atoms with Crippen molar-refractivity contribution in [3.8, 4) is 0 Å². The van der Waals surface area contributed by atoms with Gasteiger partial charge in [0.25, 0.3) is 0 Å². The summed E-state index contributed by atoms with van der Waals surface area (Å²) in [6, 6.07) is 0.230. The topological polar surface area (TPSA) is 58.8 Å². The maximum Gasteiger partial charge on any atom is 0.236 e. The number of carbonyl (C=O) groups excluding carboxylic acids is 1. The van der Waals surface area contributed by atoms with Crippen molar-refractivity contribution in [2.75, 3.05) is 40.4 Å². The molecule has 0 aliphatic rings. The van der Waals surface area contributed by atoms with E-state index in [0.29, 0.717) is 31.1 Å². The normalized spacial score (nSPS) is 12.5. The molecule has 0 spiro atoms. The van der Waals surface area contributed by atoms with Gasteiger partial charge in [-0.1, -0.05) is 19.1 Å². The van der Waals surface area contributed by atoms with Gasteiger partial charge < -0.3 is 15.4 Å². The summed E-state index contributed by atoms with van der Waals surface area (Å²) in [4.78, 5) is 16.2. The molecule has 0 fully saturated rings. The van der Waals surface area contributed by atoms with Crippen LogP contribution in [0.1, 0.15) is 20.3 Å². The Morgan fingerprint density at radius 2 is 2.11 bits per heavy atom. The third-order valence-electron chi connectivity index (χ3n) is 2.90. The Kier molecular flexibility index (Phi) is 8.87. The first-order valence-corrected chi connectivity index (χ1v) is 6.58. The number of rotatable bonds is 9. The molecule has 0 saturated carbocycles. The zero-order chi connectivity index (χ0) is 14.1. The van der Waals surface area contributed by atoms with Gasteiger partial charge in [-0.15, -0.1) is 0 Å². The fraction of sp³-hybridized carbons (Fsp3) is 0.833. The monoisotopic (exact) mass is 275 g/mol. The van der Waals surface area contributed by atoms with E-state index in [4.69, 9.17) is 22.7 Å². The number of hydrogen-bond acceptors (Lipinski definition) is 4. The van der Waals surface area contributed by atoms with Crippen molar-refractivity contribution in [1.29, 1.82) is 0 Å². The van der Waals surface area contributed by atoms with Crippen molar-refractivity contribution in [3.05, 3.63) is 0 Å². The summed E-state index contributed by atoms with van der Waals surface area (Å²) in [7, 11) is 3.44. The average molecular weight is 275 g/mol. The lowest BCUT2D eigenvalue weighted by molar-refractivity contribution is -0.131. The molecule has 18 heavy (non-hydrogen) atoms. The van der Waals surface area contributed by atoms with Crippen LogP contribution in [0.2, 0.25) is 0 Å². The summed E-state index contributed by atoms with van der Waals surface area (Å²) in [5.74, 6) is 0.0797. The Bertz CT molecular complexity index is 274. The molecular weight excluding hydrogens is 250 g/mol. The van der Waals surface area contributed by atoms with Crippen molar-refractivity contribution >= 4 is 23.1 Å². The molecule has 0 aliphatic carbocycles. The Hall–Kier alpha value is -0.720.